The zero-order chi connectivity index (χ0) is 11.1. The van der Waals surface area contributed by atoms with E-state index in [9.17, 15) is 4.79 Å². The summed E-state index contributed by atoms with van der Waals surface area (Å²) in [5.74, 6) is -0.195. The van der Waals surface area contributed by atoms with E-state index in [4.69, 9.17) is 10.5 Å². The van der Waals surface area contributed by atoms with Gasteiger partial charge in [0.1, 0.15) is 6.61 Å². The number of carbonyl (C=O) groups excluding carboxylic acids is 1. The topological polar surface area (TPSA) is 77.2 Å². The molecule has 0 radical (unpaired) electrons. The Morgan fingerprint density at radius 1 is 1.67 bits per heavy atom. The average Bonchev–Trinajstić information content (AvgIpc) is 2.22. The van der Waals surface area contributed by atoms with Crippen LogP contribution in [-0.4, -0.2) is 30.6 Å². The Kier molecular flexibility index (Phi) is 4.73. The van der Waals surface area contributed by atoms with Crippen LogP contribution >= 0.6 is 0 Å². The molecule has 5 heteroatoms. The largest absolute Gasteiger partial charge is 0.370 e. The van der Waals surface area contributed by atoms with Crippen LogP contribution in [0.4, 0.5) is 5.69 Å². The maximum absolute atomic E-state index is 11.3. The number of nitrogens with two attached hydrogens (primary N) is 1. The van der Waals surface area contributed by atoms with Crippen molar-refractivity contribution in [3.8, 4) is 0 Å². The quantitative estimate of drug-likeness (QED) is 0.684. The molecule has 1 aromatic rings. The molecule has 5 nitrogen and oxygen atoms in total. The smallest absolute Gasteiger partial charge is 0.250 e. The Morgan fingerprint density at radius 2 is 2.47 bits per heavy atom. The van der Waals surface area contributed by atoms with Crippen LogP contribution in [0.2, 0.25) is 0 Å². The van der Waals surface area contributed by atoms with Crippen molar-refractivity contribution in [2.24, 2.45) is 5.73 Å². The van der Waals surface area contributed by atoms with Gasteiger partial charge in [-0.15, -0.1) is 0 Å². The molecule has 3 N–H and O–H groups in total. The molecule has 0 spiro atoms. The molecule has 0 saturated heterocycles. The number of nitrogens with zero attached hydrogens (tertiary/aromatic N) is 1. The van der Waals surface area contributed by atoms with Crippen molar-refractivity contribution in [3.05, 3.63) is 24.0 Å². The van der Waals surface area contributed by atoms with E-state index in [-0.39, 0.29) is 12.5 Å². The zero-order valence-corrected chi connectivity index (χ0v) is 8.69. The molecular weight excluding hydrogens is 194 g/mol. The number of ether oxygens (including phenoxy) is 1. The van der Waals surface area contributed by atoms with Crippen LogP contribution in [0.15, 0.2) is 18.3 Å². The Morgan fingerprint density at radius 3 is 3.13 bits per heavy atom. The van der Waals surface area contributed by atoms with Crippen LogP contribution in [0.5, 0.6) is 0 Å². The van der Waals surface area contributed by atoms with Crippen molar-refractivity contribution in [2.45, 2.75) is 6.92 Å². The number of carbonyl (C=O) groups is 1. The van der Waals surface area contributed by atoms with Crippen LogP contribution in [0.3, 0.4) is 0 Å². The van der Waals surface area contributed by atoms with Crippen molar-refractivity contribution in [1.29, 1.82) is 0 Å². The van der Waals surface area contributed by atoms with E-state index in [0.29, 0.717) is 18.8 Å². The predicted octanol–water partition coefficient (Wildman–Crippen LogP) is 0.304. The molecule has 0 aromatic carbocycles. The van der Waals surface area contributed by atoms with E-state index in [1.54, 1.807) is 18.3 Å². The van der Waals surface area contributed by atoms with Gasteiger partial charge in [0, 0.05) is 12.7 Å². The molecule has 15 heavy (non-hydrogen) atoms. The van der Waals surface area contributed by atoms with E-state index in [1.807, 2.05) is 6.92 Å². The molecule has 82 valence electrons. The van der Waals surface area contributed by atoms with Crippen LogP contribution in [0.25, 0.3) is 0 Å². The van der Waals surface area contributed by atoms with E-state index in [1.165, 1.54) is 0 Å². The lowest BCUT2D eigenvalue weighted by Gasteiger charge is -2.07. The van der Waals surface area contributed by atoms with Gasteiger partial charge in [-0.25, -0.2) is 0 Å². The van der Waals surface area contributed by atoms with Crippen molar-refractivity contribution in [2.75, 3.05) is 25.1 Å². The highest BCUT2D eigenvalue weighted by atomic mass is 16.5. The number of aromatic nitrogens is 1. The molecule has 0 aliphatic heterocycles. The second kappa shape index (κ2) is 6.10. The van der Waals surface area contributed by atoms with E-state index in [2.05, 4.69) is 10.3 Å². The molecule has 1 aromatic heterocycles. The molecule has 0 aliphatic rings. The van der Waals surface area contributed by atoms with Crippen LogP contribution in [-0.2, 0) is 9.53 Å². The van der Waals surface area contributed by atoms with E-state index in [0.717, 1.165) is 5.69 Å². The van der Waals surface area contributed by atoms with Crippen LogP contribution < -0.4 is 11.1 Å². The third-order valence-electron chi connectivity index (χ3n) is 1.78. The zero-order valence-electron chi connectivity index (χ0n) is 8.69. The van der Waals surface area contributed by atoms with Gasteiger partial charge in [-0.3, -0.25) is 9.78 Å². The lowest BCUT2D eigenvalue weighted by molar-refractivity contribution is -0.120. The third kappa shape index (κ3) is 4.05. The summed E-state index contributed by atoms with van der Waals surface area (Å²) in [6, 6.07) is 3.56. The fourth-order valence-corrected chi connectivity index (χ4v) is 1.05. The van der Waals surface area contributed by atoms with Gasteiger partial charge >= 0.3 is 0 Å². The minimum absolute atomic E-state index is 0.0194. The average molecular weight is 209 g/mol. The molecule has 0 atom stereocenters. The summed E-state index contributed by atoms with van der Waals surface area (Å²) in [6.07, 6.45) is 1.68. The molecule has 0 aliphatic carbocycles. The highest BCUT2D eigenvalue weighted by Crippen LogP contribution is 2.09. The second-order valence-electron chi connectivity index (χ2n) is 3.03. The van der Waals surface area contributed by atoms with Gasteiger partial charge in [0.2, 0.25) is 5.91 Å². The third-order valence-corrected chi connectivity index (χ3v) is 1.78. The Hall–Kier alpha value is -1.46. The van der Waals surface area contributed by atoms with Crippen molar-refractivity contribution < 1.29 is 9.53 Å². The molecular formula is C10H15N3O2. The normalized spacial score (nSPS) is 10.0. The fraction of sp³-hybridized carbons (Fsp3) is 0.400. The number of nitrogens with one attached hydrogen (secondary N) is 1. The summed E-state index contributed by atoms with van der Waals surface area (Å²) in [4.78, 5) is 15.4. The van der Waals surface area contributed by atoms with Crippen LogP contribution in [0.1, 0.15) is 5.69 Å². The van der Waals surface area contributed by atoms with Gasteiger partial charge in [0.05, 0.1) is 18.0 Å². The van der Waals surface area contributed by atoms with Crippen LogP contribution in [0, 0.1) is 6.92 Å². The summed E-state index contributed by atoms with van der Waals surface area (Å²) < 4.78 is 5.00. The minimum Gasteiger partial charge on any atom is -0.370 e. The summed E-state index contributed by atoms with van der Waals surface area (Å²) >= 11 is 0. The fourth-order valence-electron chi connectivity index (χ4n) is 1.05. The maximum Gasteiger partial charge on any atom is 0.250 e. The summed E-state index contributed by atoms with van der Waals surface area (Å²) in [7, 11) is 0. The highest BCUT2D eigenvalue weighted by Gasteiger charge is 2.04. The number of hydrogen-bond acceptors (Lipinski definition) is 4. The number of hydrogen-bond donors (Lipinski definition) is 2. The van der Waals surface area contributed by atoms with Gasteiger partial charge in [-0.2, -0.15) is 0 Å². The predicted molar refractivity (Wildman–Crippen MR) is 57.5 cm³/mol. The number of amides is 1. The summed E-state index contributed by atoms with van der Waals surface area (Å²) in [6.45, 7) is 2.65. The molecule has 0 saturated carbocycles. The minimum atomic E-state index is -0.195. The monoisotopic (exact) mass is 209 g/mol. The number of aryl methyl sites for hydroxylation is 1. The van der Waals surface area contributed by atoms with Gasteiger partial charge in [-0.05, 0) is 19.1 Å². The first-order valence-corrected chi connectivity index (χ1v) is 4.73. The summed E-state index contributed by atoms with van der Waals surface area (Å²) in [5.41, 5.74) is 6.71. The molecule has 0 fully saturated rings. The van der Waals surface area contributed by atoms with Gasteiger partial charge < -0.3 is 15.8 Å². The first kappa shape index (κ1) is 11.6. The number of pyridine rings is 1. The van der Waals surface area contributed by atoms with Gasteiger partial charge in [-0.1, -0.05) is 0 Å². The maximum atomic E-state index is 11.3. The molecule has 1 rings (SSSR count). The lowest BCUT2D eigenvalue weighted by atomic mass is 10.3. The number of anilines is 1. The standard InChI is InChI=1S/C10H15N3O2/c1-8-9(3-2-5-12-8)13-10(14)7-15-6-4-11/h2-3,5H,4,6-7,11H2,1H3,(H,13,14). The highest BCUT2D eigenvalue weighted by molar-refractivity contribution is 5.92. The SMILES string of the molecule is Cc1ncccc1NC(=O)COCCN. The first-order chi connectivity index (χ1) is 7.24. The Balaban J connectivity index is 2.41. The van der Waals surface area contributed by atoms with Gasteiger partial charge in [0.25, 0.3) is 0 Å². The van der Waals surface area contributed by atoms with Crippen molar-refractivity contribution >= 4 is 11.6 Å². The van der Waals surface area contributed by atoms with E-state index >= 15 is 0 Å². The molecule has 0 bridgehead atoms. The van der Waals surface area contributed by atoms with Crippen molar-refractivity contribution in [1.82, 2.24) is 4.98 Å². The first-order valence-electron chi connectivity index (χ1n) is 4.73. The molecule has 1 amide bonds. The van der Waals surface area contributed by atoms with E-state index < -0.39 is 0 Å². The molecule has 0 unspecified atom stereocenters. The Bertz CT molecular complexity index is 328. The lowest BCUT2D eigenvalue weighted by Crippen LogP contribution is -2.21. The van der Waals surface area contributed by atoms with Gasteiger partial charge in [0.15, 0.2) is 0 Å². The van der Waals surface area contributed by atoms with Crippen molar-refractivity contribution in [3.63, 3.8) is 0 Å². The molecule has 1 heterocycles. The summed E-state index contributed by atoms with van der Waals surface area (Å²) in [5, 5.41) is 2.70. The second-order valence-corrected chi connectivity index (χ2v) is 3.03. The number of rotatable bonds is 5. The Labute approximate surface area is 88.6 Å².